The van der Waals surface area contributed by atoms with Crippen molar-refractivity contribution in [2.24, 2.45) is 0 Å². The molecule has 0 atom stereocenters. The third-order valence-electron chi connectivity index (χ3n) is 2.01. The van der Waals surface area contributed by atoms with Crippen LogP contribution in [0.2, 0.25) is 0 Å². The highest BCUT2D eigenvalue weighted by Crippen LogP contribution is 2.21. The number of nitriles is 1. The minimum Gasteiger partial charge on any atom is -0.341 e. The lowest BCUT2D eigenvalue weighted by Gasteiger charge is -1.97. The van der Waals surface area contributed by atoms with Crippen LogP contribution in [0.25, 0.3) is 11.3 Å². The molecule has 0 amide bonds. The van der Waals surface area contributed by atoms with Gasteiger partial charge in [0.2, 0.25) is 0 Å². The van der Waals surface area contributed by atoms with E-state index in [0.717, 1.165) is 15.7 Å². The van der Waals surface area contributed by atoms with Crippen LogP contribution in [-0.2, 0) is 6.42 Å². The van der Waals surface area contributed by atoms with Crippen LogP contribution in [0.3, 0.4) is 0 Å². The fraction of sp³-hybridized carbons (Fsp3) is 0.0909. The second kappa shape index (κ2) is 4.28. The van der Waals surface area contributed by atoms with Crippen LogP contribution in [0.4, 0.5) is 0 Å². The van der Waals surface area contributed by atoms with Gasteiger partial charge in [0.05, 0.1) is 24.4 Å². The van der Waals surface area contributed by atoms with Gasteiger partial charge in [-0.15, -0.1) is 0 Å². The molecule has 0 unspecified atom stereocenters. The largest absolute Gasteiger partial charge is 0.341 e. The van der Waals surface area contributed by atoms with Crippen molar-refractivity contribution >= 4 is 15.9 Å². The minimum absolute atomic E-state index is 0.313. The molecule has 0 aliphatic carbocycles. The van der Waals surface area contributed by atoms with E-state index in [0.29, 0.717) is 12.2 Å². The molecule has 74 valence electrons. The third-order valence-corrected chi connectivity index (χ3v) is 2.50. The molecule has 0 radical (unpaired) electrons. The lowest BCUT2D eigenvalue weighted by molar-refractivity contribution is 1.06. The zero-order valence-electron chi connectivity index (χ0n) is 7.87. The zero-order chi connectivity index (χ0) is 10.7. The number of benzene rings is 1. The number of hydrogen-bond donors (Lipinski definition) is 1. The molecule has 4 heteroatoms. The van der Waals surface area contributed by atoms with Crippen LogP contribution < -0.4 is 0 Å². The Balaban J connectivity index is 2.34. The first-order valence-electron chi connectivity index (χ1n) is 4.46. The number of nitrogens with one attached hydrogen (secondary N) is 1. The maximum absolute atomic E-state index is 8.53. The maximum atomic E-state index is 8.53. The fourth-order valence-corrected chi connectivity index (χ4v) is 1.73. The summed E-state index contributed by atoms with van der Waals surface area (Å²) in [6, 6.07) is 9.99. The van der Waals surface area contributed by atoms with Crippen molar-refractivity contribution in [2.45, 2.75) is 6.42 Å². The average Bonchev–Trinajstić information content (AvgIpc) is 2.67. The van der Waals surface area contributed by atoms with E-state index in [4.69, 9.17) is 5.26 Å². The molecule has 0 saturated carbocycles. The van der Waals surface area contributed by atoms with Gasteiger partial charge in [0.1, 0.15) is 5.82 Å². The van der Waals surface area contributed by atoms with Crippen molar-refractivity contribution in [3.8, 4) is 17.3 Å². The number of halogens is 1. The lowest BCUT2D eigenvalue weighted by atomic mass is 10.2. The number of aromatic amines is 1. The Hall–Kier alpha value is -1.60. The number of hydrogen-bond acceptors (Lipinski definition) is 2. The van der Waals surface area contributed by atoms with Gasteiger partial charge in [-0.05, 0) is 12.1 Å². The molecule has 0 spiro atoms. The summed E-state index contributed by atoms with van der Waals surface area (Å²) in [5.74, 6) is 0.701. The quantitative estimate of drug-likeness (QED) is 0.904. The molecule has 0 bridgehead atoms. The van der Waals surface area contributed by atoms with Gasteiger partial charge in [-0.3, -0.25) is 0 Å². The monoisotopic (exact) mass is 261 g/mol. The third kappa shape index (κ3) is 2.25. The number of rotatable bonds is 2. The molecule has 3 nitrogen and oxygen atoms in total. The molecule has 15 heavy (non-hydrogen) atoms. The van der Waals surface area contributed by atoms with E-state index in [1.54, 1.807) is 6.20 Å². The SMILES string of the molecule is N#CCc1ncc(-c2cccc(Br)c2)[nH]1. The summed E-state index contributed by atoms with van der Waals surface area (Å²) in [6.07, 6.45) is 2.06. The highest BCUT2D eigenvalue weighted by atomic mass is 79.9. The standard InChI is InChI=1S/C11H8BrN3/c12-9-3-1-2-8(6-9)10-7-14-11(15-10)4-5-13/h1-3,6-7H,4H2,(H,14,15). The van der Waals surface area contributed by atoms with Crippen LogP contribution in [0.1, 0.15) is 5.82 Å². The van der Waals surface area contributed by atoms with E-state index < -0.39 is 0 Å². The first-order valence-corrected chi connectivity index (χ1v) is 5.25. The molecule has 1 aromatic carbocycles. The van der Waals surface area contributed by atoms with E-state index in [2.05, 4.69) is 32.0 Å². The van der Waals surface area contributed by atoms with Crippen LogP contribution >= 0.6 is 15.9 Å². The lowest BCUT2D eigenvalue weighted by Crippen LogP contribution is -1.83. The number of aromatic nitrogens is 2. The van der Waals surface area contributed by atoms with Crippen LogP contribution in [0.15, 0.2) is 34.9 Å². The van der Waals surface area contributed by atoms with Crippen LogP contribution in [0, 0.1) is 11.3 Å². The summed E-state index contributed by atoms with van der Waals surface area (Å²) >= 11 is 3.41. The Morgan fingerprint density at radius 2 is 2.33 bits per heavy atom. The maximum Gasteiger partial charge on any atom is 0.120 e. The number of nitrogens with zero attached hydrogens (tertiary/aromatic N) is 2. The van der Waals surface area contributed by atoms with Gasteiger partial charge in [0.25, 0.3) is 0 Å². The molecule has 0 fully saturated rings. The Morgan fingerprint density at radius 3 is 3.07 bits per heavy atom. The summed E-state index contributed by atoms with van der Waals surface area (Å²) in [6.45, 7) is 0. The van der Waals surface area contributed by atoms with Crippen molar-refractivity contribution in [1.29, 1.82) is 5.26 Å². The van der Waals surface area contributed by atoms with Crippen LogP contribution in [-0.4, -0.2) is 9.97 Å². The predicted molar refractivity (Wildman–Crippen MR) is 61.0 cm³/mol. The number of imidazole rings is 1. The molecule has 0 aliphatic heterocycles. The highest BCUT2D eigenvalue weighted by molar-refractivity contribution is 9.10. The molecule has 1 aromatic heterocycles. The van der Waals surface area contributed by atoms with Gasteiger partial charge in [-0.2, -0.15) is 5.26 Å². The molecular formula is C11H8BrN3. The van der Waals surface area contributed by atoms with Gasteiger partial charge in [-0.25, -0.2) is 4.98 Å². The van der Waals surface area contributed by atoms with E-state index in [9.17, 15) is 0 Å². The molecular weight excluding hydrogens is 254 g/mol. The zero-order valence-corrected chi connectivity index (χ0v) is 9.45. The summed E-state index contributed by atoms with van der Waals surface area (Å²) in [5.41, 5.74) is 1.99. The molecule has 2 rings (SSSR count). The summed E-state index contributed by atoms with van der Waals surface area (Å²) in [7, 11) is 0. The van der Waals surface area contributed by atoms with Gasteiger partial charge in [0.15, 0.2) is 0 Å². The second-order valence-electron chi connectivity index (χ2n) is 3.09. The van der Waals surface area contributed by atoms with Crippen molar-refractivity contribution in [3.63, 3.8) is 0 Å². The summed E-state index contributed by atoms with van der Waals surface area (Å²) < 4.78 is 1.02. The van der Waals surface area contributed by atoms with Crippen molar-refractivity contribution < 1.29 is 0 Å². The average molecular weight is 262 g/mol. The van der Waals surface area contributed by atoms with Crippen molar-refractivity contribution in [3.05, 3.63) is 40.8 Å². The van der Waals surface area contributed by atoms with E-state index >= 15 is 0 Å². The summed E-state index contributed by atoms with van der Waals surface area (Å²) in [4.78, 5) is 7.22. The van der Waals surface area contributed by atoms with Crippen molar-refractivity contribution in [2.75, 3.05) is 0 Å². The van der Waals surface area contributed by atoms with Gasteiger partial charge < -0.3 is 4.98 Å². The van der Waals surface area contributed by atoms with E-state index in [1.807, 2.05) is 24.3 Å². The Morgan fingerprint density at radius 1 is 1.47 bits per heavy atom. The first-order chi connectivity index (χ1) is 7.29. The Kier molecular flexibility index (Phi) is 2.84. The van der Waals surface area contributed by atoms with Gasteiger partial charge in [-0.1, -0.05) is 28.1 Å². The Bertz CT molecular complexity index is 511. The van der Waals surface area contributed by atoms with Gasteiger partial charge >= 0.3 is 0 Å². The second-order valence-corrected chi connectivity index (χ2v) is 4.00. The highest BCUT2D eigenvalue weighted by Gasteiger charge is 2.02. The van der Waals surface area contributed by atoms with Crippen LogP contribution in [0.5, 0.6) is 0 Å². The molecule has 1 heterocycles. The molecule has 0 saturated heterocycles. The fourth-order valence-electron chi connectivity index (χ4n) is 1.33. The van der Waals surface area contributed by atoms with E-state index in [1.165, 1.54) is 0 Å². The molecule has 1 N–H and O–H groups in total. The van der Waals surface area contributed by atoms with Gasteiger partial charge in [0, 0.05) is 10.0 Å². The topological polar surface area (TPSA) is 52.5 Å². The molecule has 2 aromatic rings. The van der Waals surface area contributed by atoms with E-state index in [-0.39, 0.29) is 0 Å². The first kappa shape index (κ1) is 9.94. The molecule has 0 aliphatic rings. The minimum atomic E-state index is 0.313. The normalized spacial score (nSPS) is 9.87. The predicted octanol–water partition coefficient (Wildman–Crippen LogP) is 2.91. The van der Waals surface area contributed by atoms with Crippen molar-refractivity contribution in [1.82, 2.24) is 9.97 Å². The smallest absolute Gasteiger partial charge is 0.120 e. The Labute approximate surface area is 95.9 Å². The summed E-state index contributed by atoms with van der Waals surface area (Å²) in [5, 5.41) is 8.53. The number of H-pyrrole nitrogens is 1.